The molecule has 2 aromatic carbocycles. The molecule has 7 heteroatoms. The van der Waals surface area contributed by atoms with E-state index in [9.17, 15) is 5.11 Å². The van der Waals surface area contributed by atoms with Crippen molar-refractivity contribution in [2.24, 2.45) is 5.73 Å². The molecule has 0 aliphatic carbocycles. The van der Waals surface area contributed by atoms with Gasteiger partial charge in [-0.25, -0.2) is 14.6 Å². The molecule has 0 saturated carbocycles. The second kappa shape index (κ2) is 8.97. The number of benzene rings is 2. The Morgan fingerprint density at radius 1 is 1.10 bits per heavy atom. The highest BCUT2D eigenvalue weighted by Crippen LogP contribution is 2.32. The molecule has 2 heterocycles. The lowest BCUT2D eigenvalue weighted by Gasteiger charge is -2.22. The number of hydrogen-bond donors (Lipinski definition) is 2. The number of phenols is 1. The van der Waals surface area contributed by atoms with Gasteiger partial charge in [0.25, 0.3) is 0 Å². The van der Waals surface area contributed by atoms with Gasteiger partial charge in [-0.15, -0.1) is 0 Å². The van der Waals surface area contributed by atoms with Gasteiger partial charge in [0.15, 0.2) is 5.82 Å². The van der Waals surface area contributed by atoms with Crippen LogP contribution in [-0.2, 0) is 0 Å². The molecule has 1 atom stereocenters. The van der Waals surface area contributed by atoms with E-state index in [1.54, 1.807) is 18.5 Å². The zero-order valence-corrected chi connectivity index (χ0v) is 17.7. The first-order valence-electron chi connectivity index (χ1n) is 10.3. The SMILES string of the molecule is CC[C@@H](N)CN(C)c1ccnc(-c2cc(-c3cnn(-c4ccccc4)c3)ccc2O)n1. The van der Waals surface area contributed by atoms with Crippen LogP contribution in [0.5, 0.6) is 5.75 Å². The van der Waals surface area contributed by atoms with E-state index in [1.807, 2.05) is 71.4 Å². The molecular weight excluding hydrogens is 388 g/mol. The molecule has 0 saturated heterocycles. The van der Waals surface area contributed by atoms with Crippen LogP contribution in [0.15, 0.2) is 73.2 Å². The highest BCUT2D eigenvalue weighted by molar-refractivity contribution is 5.74. The summed E-state index contributed by atoms with van der Waals surface area (Å²) in [5, 5.41) is 15.0. The maximum Gasteiger partial charge on any atom is 0.165 e. The van der Waals surface area contributed by atoms with Crippen molar-refractivity contribution >= 4 is 5.82 Å². The predicted molar refractivity (Wildman–Crippen MR) is 123 cm³/mol. The van der Waals surface area contributed by atoms with Crippen molar-refractivity contribution in [1.82, 2.24) is 19.7 Å². The molecule has 0 bridgehead atoms. The maximum atomic E-state index is 10.5. The van der Waals surface area contributed by atoms with E-state index < -0.39 is 0 Å². The first kappa shape index (κ1) is 20.6. The number of aromatic hydroxyl groups is 1. The molecule has 0 radical (unpaired) electrons. The Kier molecular flexibility index (Phi) is 5.95. The fourth-order valence-corrected chi connectivity index (χ4v) is 3.35. The van der Waals surface area contributed by atoms with E-state index in [0.29, 0.717) is 17.9 Å². The van der Waals surface area contributed by atoms with E-state index in [1.165, 1.54) is 0 Å². The van der Waals surface area contributed by atoms with Gasteiger partial charge in [-0.05, 0) is 42.3 Å². The van der Waals surface area contributed by atoms with Crippen molar-refractivity contribution in [1.29, 1.82) is 0 Å². The summed E-state index contributed by atoms with van der Waals surface area (Å²) in [6.07, 6.45) is 6.36. The summed E-state index contributed by atoms with van der Waals surface area (Å²) < 4.78 is 1.82. The number of anilines is 1. The molecule has 2 aromatic heterocycles. The average molecular weight is 415 g/mol. The van der Waals surface area contributed by atoms with Crippen LogP contribution in [0.25, 0.3) is 28.2 Å². The Bertz CT molecular complexity index is 1160. The number of nitrogens with zero attached hydrogens (tertiary/aromatic N) is 5. The summed E-state index contributed by atoms with van der Waals surface area (Å²) in [6, 6.07) is 17.3. The van der Waals surface area contributed by atoms with Crippen LogP contribution in [0.2, 0.25) is 0 Å². The number of phenolic OH excluding ortho intramolecular Hbond substituents is 1. The standard InChI is InChI=1S/C24H26N6O/c1-3-19(25)16-29(2)23-11-12-26-24(28-23)21-13-17(9-10-22(21)31)18-14-27-30(15-18)20-7-5-4-6-8-20/h4-15,19,31H,3,16,25H2,1-2H3/t19-/m1/s1. The number of para-hydroxylation sites is 1. The number of rotatable bonds is 7. The third-order valence-corrected chi connectivity index (χ3v) is 5.24. The van der Waals surface area contributed by atoms with Crippen molar-refractivity contribution in [3.8, 4) is 34.0 Å². The Labute approximate surface area is 181 Å². The fourth-order valence-electron chi connectivity index (χ4n) is 3.35. The zero-order valence-electron chi connectivity index (χ0n) is 17.7. The topological polar surface area (TPSA) is 93.1 Å². The minimum absolute atomic E-state index is 0.0706. The smallest absolute Gasteiger partial charge is 0.165 e. The fraction of sp³-hybridized carbons (Fsp3) is 0.208. The van der Waals surface area contributed by atoms with Crippen molar-refractivity contribution in [3.63, 3.8) is 0 Å². The summed E-state index contributed by atoms with van der Waals surface area (Å²) in [5.74, 6) is 1.35. The summed E-state index contributed by atoms with van der Waals surface area (Å²) in [7, 11) is 1.95. The molecule has 0 amide bonds. The van der Waals surface area contributed by atoms with Crippen molar-refractivity contribution in [2.45, 2.75) is 19.4 Å². The van der Waals surface area contributed by atoms with Crippen molar-refractivity contribution in [3.05, 3.63) is 73.2 Å². The molecule has 4 rings (SSSR count). The van der Waals surface area contributed by atoms with E-state index >= 15 is 0 Å². The van der Waals surface area contributed by atoms with Gasteiger partial charge in [0.1, 0.15) is 11.6 Å². The Morgan fingerprint density at radius 3 is 2.68 bits per heavy atom. The number of likely N-dealkylation sites (N-methyl/N-ethyl adjacent to an activating group) is 1. The van der Waals surface area contributed by atoms with Crippen LogP contribution in [0.3, 0.4) is 0 Å². The summed E-state index contributed by atoms with van der Waals surface area (Å²) in [6.45, 7) is 2.75. The van der Waals surface area contributed by atoms with Gasteiger partial charge >= 0.3 is 0 Å². The van der Waals surface area contributed by atoms with Crippen LogP contribution in [0.1, 0.15) is 13.3 Å². The largest absolute Gasteiger partial charge is 0.507 e. The molecule has 0 aliphatic rings. The van der Waals surface area contributed by atoms with E-state index in [0.717, 1.165) is 29.1 Å². The van der Waals surface area contributed by atoms with Crippen molar-refractivity contribution in [2.75, 3.05) is 18.5 Å². The Hall–Kier alpha value is -3.71. The minimum atomic E-state index is 0.0706. The zero-order chi connectivity index (χ0) is 21.8. The second-order valence-electron chi connectivity index (χ2n) is 7.53. The van der Waals surface area contributed by atoms with E-state index in [4.69, 9.17) is 5.73 Å². The lowest BCUT2D eigenvalue weighted by atomic mass is 10.0. The van der Waals surface area contributed by atoms with Crippen molar-refractivity contribution < 1.29 is 5.11 Å². The highest BCUT2D eigenvalue weighted by Gasteiger charge is 2.14. The third-order valence-electron chi connectivity index (χ3n) is 5.24. The van der Waals surface area contributed by atoms with Gasteiger partial charge in [0, 0.05) is 37.6 Å². The molecule has 4 aromatic rings. The average Bonchev–Trinajstić information content (AvgIpc) is 3.30. The van der Waals surface area contributed by atoms with Gasteiger partial charge in [-0.1, -0.05) is 31.2 Å². The molecule has 0 unspecified atom stereocenters. The lowest BCUT2D eigenvalue weighted by molar-refractivity contribution is 0.477. The van der Waals surface area contributed by atoms with E-state index in [2.05, 4.69) is 22.0 Å². The highest BCUT2D eigenvalue weighted by atomic mass is 16.3. The number of hydrogen-bond acceptors (Lipinski definition) is 6. The van der Waals surface area contributed by atoms with Gasteiger partial charge in [0.05, 0.1) is 17.4 Å². The van der Waals surface area contributed by atoms with Gasteiger partial charge in [-0.2, -0.15) is 5.10 Å². The molecule has 0 aliphatic heterocycles. The molecule has 3 N–H and O–H groups in total. The number of aromatic nitrogens is 4. The molecule has 0 spiro atoms. The number of nitrogens with two attached hydrogens (primary N) is 1. The van der Waals surface area contributed by atoms with Gasteiger partial charge in [0.2, 0.25) is 0 Å². The quantitative estimate of drug-likeness (QED) is 0.477. The summed E-state index contributed by atoms with van der Waals surface area (Å²) in [5.41, 5.74) is 9.49. The van der Waals surface area contributed by atoms with Crippen LogP contribution < -0.4 is 10.6 Å². The molecule has 31 heavy (non-hydrogen) atoms. The molecule has 7 nitrogen and oxygen atoms in total. The van der Waals surface area contributed by atoms with Crippen LogP contribution >= 0.6 is 0 Å². The monoisotopic (exact) mass is 414 g/mol. The predicted octanol–water partition coefficient (Wildman–Crippen LogP) is 3.88. The van der Waals surface area contributed by atoms with Gasteiger partial charge in [-0.3, -0.25) is 0 Å². The maximum absolute atomic E-state index is 10.5. The molecule has 0 fully saturated rings. The normalized spacial score (nSPS) is 12.0. The first-order chi connectivity index (χ1) is 15.0. The second-order valence-corrected chi connectivity index (χ2v) is 7.53. The molecule has 158 valence electrons. The Balaban J connectivity index is 1.65. The van der Waals surface area contributed by atoms with Crippen LogP contribution in [-0.4, -0.2) is 44.5 Å². The minimum Gasteiger partial charge on any atom is -0.507 e. The van der Waals surface area contributed by atoms with E-state index in [-0.39, 0.29) is 11.8 Å². The molecular formula is C24H26N6O. The third kappa shape index (κ3) is 4.57. The first-order valence-corrected chi connectivity index (χ1v) is 10.3. The summed E-state index contributed by atoms with van der Waals surface area (Å²) >= 11 is 0. The van der Waals surface area contributed by atoms with Crippen LogP contribution in [0.4, 0.5) is 5.82 Å². The Morgan fingerprint density at radius 2 is 1.90 bits per heavy atom. The lowest BCUT2D eigenvalue weighted by Crippen LogP contribution is -2.35. The van der Waals surface area contributed by atoms with Crippen LogP contribution in [0, 0.1) is 0 Å². The summed E-state index contributed by atoms with van der Waals surface area (Å²) in [4.78, 5) is 11.1. The van der Waals surface area contributed by atoms with Gasteiger partial charge < -0.3 is 15.7 Å².